The molecule has 5 nitrogen and oxygen atoms in total. The molecule has 78 valence electrons. The van der Waals surface area contributed by atoms with Crippen LogP contribution in [-0.4, -0.2) is 31.8 Å². The minimum Gasteiger partial charge on any atom is -0.396 e. The maximum atomic E-state index is 9.07. The third-order valence-electron chi connectivity index (χ3n) is 2.49. The molecule has 1 heterocycles. The van der Waals surface area contributed by atoms with E-state index in [9.17, 15) is 0 Å². The molecule has 1 aliphatic rings. The Morgan fingerprint density at radius 3 is 2.71 bits per heavy atom. The minimum atomic E-state index is -0.0367. The topological polar surface area (TPSA) is 71.2 Å². The van der Waals surface area contributed by atoms with Gasteiger partial charge in [0.15, 0.2) is 0 Å². The van der Waals surface area contributed by atoms with Crippen molar-refractivity contribution in [2.45, 2.75) is 38.3 Å². The lowest BCUT2D eigenvalue weighted by atomic mass is 10.2. The standard InChI is InChI=1S/C9H15N3O2/c13-5-1-4-12-9(7-2-3-7)8(6-14)10-11-12/h7,13-14H,1-6H2. The maximum absolute atomic E-state index is 9.07. The van der Waals surface area contributed by atoms with Crippen molar-refractivity contribution in [1.82, 2.24) is 15.0 Å². The van der Waals surface area contributed by atoms with E-state index in [2.05, 4.69) is 10.3 Å². The van der Waals surface area contributed by atoms with Crippen LogP contribution in [0.2, 0.25) is 0 Å². The smallest absolute Gasteiger partial charge is 0.112 e. The Balaban J connectivity index is 2.16. The van der Waals surface area contributed by atoms with Gasteiger partial charge in [0.1, 0.15) is 5.69 Å². The molecule has 0 radical (unpaired) electrons. The van der Waals surface area contributed by atoms with Gasteiger partial charge in [-0.1, -0.05) is 5.21 Å². The van der Waals surface area contributed by atoms with Crippen molar-refractivity contribution in [2.24, 2.45) is 0 Å². The van der Waals surface area contributed by atoms with E-state index in [4.69, 9.17) is 10.2 Å². The van der Waals surface area contributed by atoms with Gasteiger partial charge in [0.2, 0.25) is 0 Å². The van der Waals surface area contributed by atoms with Gasteiger partial charge < -0.3 is 10.2 Å². The van der Waals surface area contributed by atoms with Gasteiger partial charge in [0.05, 0.1) is 12.3 Å². The molecule has 1 aromatic heterocycles. The van der Waals surface area contributed by atoms with Crippen molar-refractivity contribution in [3.8, 4) is 0 Å². The Morgan fingerprint density at radius 1 is 1.36 bits per heavy atom. The van der Waals surface area contributed by atoms with Crippen LogP contribution in [0.25, 0.3) is 0 Å². The predicted molar refractivity (Wildman–Crippen MR) is 49.6 cm³/mol. The molecule has 0 bridgehead atoms. The molecule has 0 atom stereocenters. The summed E-state index contributed by atoms with van der Waals surface area (Å²) >= 11 is 0. The number of hydrogen-bond acceptors (Lipinski definition) is 4. The number of aliphatic hydroxyl groups is 2. The molecular weight excluding hydrogens is 182 g/mol. The summed E-state index contributed by atoms with van der Waals surface area (Å²) in [6.45, 7) is 0.818. The van der Waals surface area contributed by atoms with Gasteiger partial charge in [0.25, 0.3) is 0 Å². The van der Waals surface area contributed by atoms with Crippen LogP contribution in [0.3, 0.4) is 0 Å². The molecule has 0 aromatic carbocycles. The summed E-state index contributed by atoms with van der Waals surface area (Å²) in [7, 11) is 0. The summed E-state index contributed by atoms with van der Waals surface area (Å²) < 4.78 is 1.82. The zero-order valence-corrected chi connectivity index (χ0v) is 8.06. The molecule has 5 heteroatoms. The van der Waals surface area contributed by atoms with Crippen molar-refractivity contribution in [2.75, 3.05) is 6.61 Å². The van der Waals surface area contributed by atoms with Gasteiger partial charge >= 0.3 is 0 Å². The first kappa shape index (κ1) is 9.61. The van der Waals surface area contributed by atoms with E-state index in [0.29, 0.717) is 24.6 Å². The van der Waals surface area contributed by atoms with Crippen molar-refractivity contribution < 1.29 is 10.2 Å². The normalized spacial score (nSPS) is 16.1. The summed E-state index contributed by atoms with van der Waals surface area (Å²) in [6.07, 6.45) is 3.02. The van der Waals surface area contributed by atoms with E-state index in [1.165, 1.54) is 12.8 Å². The van der Waals surface area contributed by atoms with Crippen LogP contribution >= 0.6 is 0 Å². The SMILES string of the molecule is OCCCn1nnc(CO)c1C1CC1. The summed E-state index contributed by atoms with van der Waals surface area (Å²) in [6, 6.07) is 0. The fraction of sp³-hybridized carbons (Fsp3) is 0.778. The van der Waals surface area contributed by atoms with Crippen molar-refractivity contribution in [1.29, 1.82) is 0 Å². The molecule has 0 unspecified atom stereocenters. The number of aliphatic hydroxyl groups excluding tert-OH is 2. The molecule has 1 fully saturated rings. The monoisotopic (exact) mass is 197 g/mol. The summed E-state index contributed by atoms with van der Waals surface area (Å²) in [5.74, 6) is 0.533. The third-order valence-corrected chi connectivity index (χ3v) is 2.49. The van der Waals surface area contributed by atoms with E-state index in [1.54, 1.807) is 0 Å². The van der Waals surface area contributed by atoms with E-state index in [-0.39, 0.29) is 13.2 Å². The van der Waals surface area contributed by atoms with E-state index in [1.807, 2.05) is 4.68 Å². The highest BCUT2D eigenvalue weighted by molar-refractivity contribution is 5.19. The largest absolute Gasteiger partial charge is 0.396 e. The zero-order chi connectivity index (χ0) is 9.97. The number of hydrogen-bond donors (Lipinski definition) is 2. The van der Waals surface area contributed by atoms with Crippen LogP contribution < -0.4 is 0 Å². The lowest BCUT2D eigenvalue weighted by Gasteiger charge is -2.04. The van der Waals surface area contributed by atoms with Gasteiger partial charge in [0, 0.05) is 19.1 Å². The van der Waals surface area contributed by atoms with Crippen LogP contribution in [0.1, 0.15) is 36.6 Å². The molecular formula is C9H15N3O2. The number of aryl methyl sites for hydroxylation is 1. The Bertz CT molecular complexity index is 307. The average Bonchev–Trinajstić information content (AvgIpc) is 2.96. The van der Waals surface area contributed by atoms with Crippen molar-refractivity contribution in [3.63, 3.8) is 0 Å². The highest BCUT2D eigenvalue weighted by Crippen LogP contribution is 2.41. The number of nitrogens with zero attached hydrogens (tertiary/aromatic N) is 3. The summed E-state index contributed by atoms with van der Waals surface area (Å²) in [4.78, 5) is 0. The summed E-state index contributed by atoms with van der Waals surface area (Å²) in [5, 5.41) is 25.7. The van der Waals surface area contributed by atoms with Crippen LogP contribution in [-0.2, 0) is 13.2 Å². The zero-order valence-electron chi connectivity index (χ0n) is 8.06. The molecule has 0 saturated heterocycles. The minimum absolute atomic E-state index is 0.0367. The molecule has 0 amide bonds. The van der Waals surface area contributed by atoms with E-state index < -0.39 is 0 Å². The van der Waals surface area contributed by atoms with E-state index >= 15 is 0 Å². The Labute approximate surface area is 82.4 Å². The first-order chi connectivity index (χ1) is 6.86. The fourth-order valence-electron chi connectivity index (χ4n) is 1.66. The van der Waals surface area contributed by atoms with Gasteiger partial charge in [-0.15, -0.1) is 5.10 Å². The van der Waals surface area contributed by atoms with Gasteiger partial charge in [-0.05, 0) is 19.3 Å². The lowest BCUT2D eigenvalue weighted by molar-refractivity contribution is 0.273. The fourth-order valence-corrected chi connectivity index (χ4v) is 1.66. The van der Waals surface area contributed by atoms with Gasteiger partial charge in [-0.3, -0.25) is 0 Å². The highest BCUT2D eigenvalue weighted by atomic mass is 16.3. The molecule has 1 saturated carbocycles. The van der Waals surface area contributed by atoms with Crippen molar-refractivity contribution >= 4 is 0 Å². The third kappa shape index (κ3) is 1.78. The van der Waals surface area contributed by atoms with E-state index in [0.717, 1.165) is 5.69 Å². The molecule has 1 aromatic rings. The quantitative estimate of drug-likeness (QED) is 0.698. The number of rotatable bonds is 5. The van der Waals surface area contributed by atoms with Crippen LogP contribution in [0.15, 0.2) is 0 Å². The second kappa shape index (κ2) is 4.06. The second-order valence-electron chi connectivity index (χ2n) is 3.65. The maximum Gasteiger partial charge on any atom is 0.112 e. The number of aromatic nitrogens is 3. The van der Waals surface area contributed by atoms with Crippen LogP contribution in [0, 0.1) is 0 Å². The first-order valence-electron chi connectivity index (χ1n) is 5.00. The molecule has 1 aliphatic carbocycles. The Morgan fingerprint density at radius 2 is 2.14 bits per heavy atom. The molecule has 0 aliphatic heterocycles. The molecule has 0 spiro atoms. The van der Waals surface area contributed by atoms with Crippen molar-refractivity contribution in [3.05, 3.63) is 11.4 Å². The van der Waals surface area contributed by atoms with Crippen LogP contribution in [0.4, 0.5) is 0 Å². The average molecular weight is 197 g/mol. The van der Waals surface area contributed by atoms with Crippen LogP contribution in [0.5, 0.6) is 0 Å². The first-order valence-corrected chi connectivity index (χ1v) is 5.00. The molecule has 2 N–H and O–H groups in total. The lowest BCUT2D eigenvalue weighted by Crippen LogP contribution is -2.06. The summed E-state index contributed by atoms with van der Waals surface area (Å²) in [5.41, 5.74) is 1.77. The highest BCUT2D eigenvalue weighted by Gasteiger charge is 2.30. The van der Waals surface area contributed by atoms with Gasteiger partial charge in [-0.2, -0.15) is 0 Å². The molecule has 2 rings (SSSR count). The molecule has 14 heavy (non-hydrogen) atoms. The Kier molecular flexibility index (Phi) is 2.79. The predicted octanol–water partition coefficient (Wildman–Crippen LogP) is 0.0302. The second-order valence-corrected chi connectivity index (χ2v) is 3.65. The van der Waals surface area contributed by atoms with Gasteiger partial charge in [-0.25, -0.2) is 4.68 Å². The Hall–Kier alpha value is -0.940.